The summed E-state index contributed by atoms with van der Waals surface area (Å²) < 4.78 is 0. The lowest BCUT2D eigenvalue weighted by molar-refractivity contribution is -0.117. The standard InChI is InChI=1S/C14H16ClN3O/c1-14(2,16)8-12(19)18-11-6-5-10(15)13-9(11)4-3-7-17-13/h3-7H,8,16H2,1-2H3,(H,18,19). The molecule has 0 saturated carbocycles. The zero-order valence-electron chi connectivity index (χ0n) is 10.9. The van der Waals surface area contributed by atoms with Crippen LogP contribution in [0.2, 0.25) is 5.02 Å². The quantitative estimate of drug-likeness (QED) is 0.906. The monoisotopic (exact) mass is 277 g/mol. The largest absolute Gasteiger partial charge is 0.325 e. The number of fused-ring (bicyclic) bond motifs is 1. The minimum absolute atomic E-state index is 0.125. The number of carbonyl (C=O) groups is 1. The molecule has 0 aliphatic rings. The van der Waals surface area contributed by atoms with Crippen LogP contribution in [0.15, 0.2) is 30.5 Å². The third kappa shape index (κ3) is 3.43. The van der Waals surface area contributed by atoms with Crippen LogP contribution >= 0.6 is 11.6 Å². The predicted octanol–water partition coefficient (Wildman–Crippen LogP) is 2.95. The number of nitrogens with one attached hydrogen (secondary N) is 1. The summed E-state index contributed by atoms with van der Waals surface area (Å²) in [5, 5.41) is 4.23. The fourth-order valence-electron chi connectivity index (χ4n) is 1.86. The summed E-state index contributed by atoms with van der Waals surface area (Å²) in [5.74, 6) is -0.125. The van der Waals surface area contributed by atoms with Gasteiger partial charge in [-0.25, -0.2) is 0 Å². The highest BCUT2D eigenvalue weighted by atomic mass is 35.5. The van der Waals surface area contributed by atoms with Gasteiger partial charge in [0.2, 0.25) is 5.91 Å². The van der Waals surface area contributed by atoms with E-state index in [1.807, 2.05) is 19.9 Å². The number of nitrogens with two attached hydrogens (primary N) is 1. The van der Waals surface area contributed by atoms with Crippen LogP contribution in [0.4, 0.5) is 5.69 Å². The van der Waals surface area contributed by atoms with E-state index in [0.717, 1.165) is 5.39 Å². The Bertz CT molecular complexity index is 620. The molecule has 0 fully saturated rings. The number of benzene rings is 1. The van der Waals surface area contributed by atoms with Crippen molar-refractivity contribution in [2.75, 3.05) is 5.32 Å². The number of hydrogen-bond donors (Lipinski definition) is 2. The van der Waals surface area contributed by atoms with E-state index in [4.69, 9.17) is 17.3 Å². The van der Waals surface area contributed by atoms with Gasteiger partial charge in [-0.15, -0.1) is 0 Å². The number of amides is 1. The van der Waals surface area contributed by atoms with Crippen molar-refractivity contribution in [3.63, 3.8) is 0 Å². The maximum Gasteiger partial charge on any atom is 0.226 e. The van der Waals surface area contributed by atoms with E-state index in [1.54, 1.807) is 24.4 Å². The van der Waals surface area contributed by atoms with E-state index >= 15 is 0 Å². The topological polar surface area (TPSA) is 68.0 Å². The highest BCUT2D eigenvalue weighted by Gasteiger charge is 2.17. The molecule has 0 saturated heterocycles. The van der Waals surface area contributed by atoms with Crippen LogP contribution in [-0.2, 0) is 4.79 Å². The van der Waals surface area contributed by atoms with Gasteiger partial charge in [-0.1, -0.05) is 11.6 Å². The molecule has 1 aromatic heterocycles. The maximum absolute atomic E-state index is 11.9. The second kappa shape index (κ2) is 5.15. The lowest BCUT2D eigenvalue weighted by Crippen LogP contribution is -2.36. The van der Waals surface area contributed by atoms with Gasteiger partial charge >= 0.3 is 0 Å². The van der Waals surface area contributed by atoms with E-state index in [0.29, 0.717) is 16.2 Å². The second-order valence-corrected chi connectivity index (χ2v) is 5.62. The van der Waals surface area contributed by atoms with Crippen molar-refractivity contribution in [2.24, 2.45) is 5.73 Å². The van der Waals surface area contributed by atoms with Crippen molar-refractivity contribution in [3.8, 4) is 0 Å². The molecule has 19 heavy (non-hydrogen) atoms. The molecule has 0 radical (unpaired) electrons. The van der Waals surface area contributed by atoms with Crippen molar-refractivity contribution in [1.82, 2.24) is 4.98 Å². The summed E-state index contributed by atoms with van der Waals surface area (Å²) in [6, 6.07) is 7.17. The fourth-order valence-corrected chi connectivity index (χ4v) is 2.07. The average Bonchev–Trinajstić information content (AvgIpc) is 2.31. The molecule has 3 N–H and O–H groups in total. The Morgan fingerprint density at radius 1 is 1.42 bits per heavy atom. The van der Waals surface area contributed by atoms with E-state index in [1.165, 1.54) is 0 Å². The minimum Gasteiger partial charge on any atom is -0.325 e. The summed E-state index contributed by atoms with van der Waals surface area (Å²) in [5.41, 5.74) is 6.67. The summed E-state index contributed by atoms with van der Waals surface area (Å²) in [4.78, 5) is 16.1. The molecule has 0 unspecified atom stereocenters. The van der Waals surface area contributed by atoms with Crippen LogP contribution in [-0.4, -0.2) is 16.4 Å². The molecule has 0 atom stereocenters. The summed E-state index contributed by atoms with van der Waals surface area (Å²) in [6.07, 6.45) is 1.92. The van der Waals surface area contributed by atoms with Crippen LogP contribution in [0.3, 0.4) is 0 Å². The molecule has 0 aliphatic heterocycles. The van der Waals surface area contributed by atoms with Gasteiger partial charge in [-0.2, -0.15) is 0 Å². The smallest absolute Gasteiger partial charge is 0.226 e. The van der Waals surface area contributed by atoms with Crippen LogP contribution in [0.5, 0.6) is 0 Å². The van der Waals surface area contributed by atoms with Gasteiger partial charge < -0.3 is 11.1 Å². The molecule has 1 aromatic carbocycles. The molecular weight excluding hydrogens is 262 g/mol. The Kier molecular flexibility index (Phi) is 3.73. The Morgan fingerprint density at radius 3 is 2.84 bits per heavy atom. The maximum atomic E-state index is 11.9. The molecule has 2 aromatic rings. The van der Waals surface area contributed by atoms with Gasteiger partial charge in [-0.05, 0) is 38.1 Å². The Labute approximate surface area is 117 Å². The summed E-state index contributed by atoms with van der Waals surface area (Å²) in [7, 11) is 0. The van der Waals surface area contributed by atoms with Crippen molar-refractivity contribution < 1.29 is 4.79 Å². The van der Waals surface area contributed by atoms with Gasteiger partial charge in [-0.3, -0.25) is 9.78 Å². The molecule has 0 spiro atoms. The Morgan fingerprint density at radius 2 is 2.16 bits per heavy atom. The van der Waals surface area contributed by atoms with Gasteiger partial charge in [0, 0.05) is 23.5 Å². The lowest BCUT2D eigenvalue weighted by Gasteiger charge is -2.18. The molecular formula is C14H16ClN3O. The molecule has 2 rings (SSSR count). The molecule has 1 amide bonds. The van der Waals surface area contributed by atoms with Gasteiger partial charge in [0.15, 0.2) is 0 Å². The van der Waals surface area contributed by atoms with Crippen LogP contribution < -0.4 is 11.1 Å². The Balaban J connectivity index is 2.31. The van der Waals surface area contributed by atoms with Gasteiger partial charge in [0.05, 0.1) is 16.2 Å². The van der Waals surface area contributed by atoms with Gasteiger partial charge in [0.1, 0.15) is 0 Å². The average molecular weight is 278 g/mol. The number of aromatic nitrogens is 1. The van der Waals surface area contributed by atoms with Gasteiger partial charge in [0.25, 0.3) is 0 Å². The normalized spacial score (nSPS) is 11.6. The highest BCUT2D eigenvalue weighted by molar-refractivity contribution is 6.35. The van der Waals surface area contributed by atoms with E-state index < -0.39 is 5.54 Å². The van der Waals surface area contributed by atoms with E-state index in [-0.39, 0.29) is 12.3 Å². The SMILES string of the molecule is CC(C)(N)CC(=O)Nc1ccc(Cl)c2ncccc12. The van der Waals surface area contributed by atoms with Crippen molar-refractivity contribution in [3.05, 3.63) is 35.5 Å². The molecule has 4 nitrogen and oxygen atoms in total. The zero-order chi connectivity index (χ0) is 14.0. The number of pyridine rings is 1. The first kappa shape index (κ1) is 13.8. The van der Waals surface area contributed by atoms with Crippen molar-refractivity contribution in [1.29, 1.82) is 0 Å². The van der Waals surface area contributed by atoms with Crippen LogP contribution in [0.25, 0.3) is 10.9 Å². The highest BCUT2D eigenvalue weighted by Crippen LogP contribution is 2.28. The van der Waals surface area contributed by atoms with E-state index in [9.17, 15) is 4.79 Å². The predicted molar refractivity (Wildman–Crippen MR) is 78.3 cm³/mol. The first-order chi connectivity index (χ1) is 8.87. The number of hydrogen-bond acceptors (Lipinski definition) is 3. The number of rotatable bonds is 3. The number of anilines is 1. The lowest BCUT2D eigenvalue weighted by atomic mass is 10.0. The van der Waals surface area contributed by atoms with Crippen LogP contribution in [0, 0.1) is 0 Å². The molecule has 5 heteroatoms. The van der Waals surface area contributed by atoms with Crippen molar-refractivity contribution >= 4 is 34.1 Å². The number of nitrogens with zero attached hydrogens (tertiary/aromatic N) is 1. The zero-order valence-corrected chi connectivity index (χ0v) is 11.7. The van der Waals surface area contributed by atoms with Crippen LogP contribution in [0.1, 0.15) is 20.3 Å². The first-order valence-electron chi connectivity index (χ1n) is 5.99. The molecule has 1 heterocycles. The summed E-state index contributed by atoms with van der Waals surface area (Å²) >= 11 is 6.08. The summed E-state index contributed by atoms with van der Waals surface area (Å²) in [6.45, 7) is 3.63. The minimum atomic E-state index is -0.537. The van der Waals surface area contributed by atoms with Crippen molar-refractivity contribution in [2.45, 2.75) is 25.8 Å². The number of halogens is 1. The third-order valence-corrected chi connectivity index (χ3v) is 2.92. The van der Waals surface area contributed by atoms with E-state index in [2.05, 4.69) is 10.3 Å². The molecule has 100 valence electrons. The fraction of sp³-hybridized carbons (Fsp3) is 0.286. The first-order valence-corrected chi connectivity index (χ1v) is 6.36. The molecule has 0 bridgehead atoms. The Hall–Kier alpha value is -1.65. The third-order valence-electron chi connectivity index (χ3n) is 2.61. The second-order valence-electron chi connectivity index (χ2n) is 5.21. The number of carbonyl (C=O) groups excluding carboxylic acids is 1. The molecule has 0 aliphatic carbocycles.